The van der Waals surface area contributed by atoms with Gasteiger partial charge in [-0.15, -0.1) is 0 Å². The highest BCUT2D eigenvalue weighted by molar-refractivity contribution is 5.85. The SMILES string of the molecule is C[C@@H]1CC[C@H](N(CCC(N)=O)C(=O)[CH]CC2CCCCC2)[C@@H](O)CN1. The Balaban J connectivity index is 1.97. The van der Waals surface area contributed by atoms with Gasteiger partial charge in [0.2, 0.25) is 11.8 Å². The van der Waals surface area contributed by atoms with E-state index in [0.717, 1.165) is 19.3 Å². The summed E-state index contributed by atoms with van der Waals surface area (Å²) in [5.41, 5.74) is 5.29. The predicted molar refractivity (Wildman–Crippen MR) is 97.5 cm³/mol. The molecule has 1 aliphatic heterocycles. The smallest absolute Gasteiger partial charge is 0.226 e. The number of primary amides is 1. The van der Waals surface area contributed by atoms with Crippen LogP contribution in [0.1, 0.15) is 64.7 Å². The zero-order valence-electron chi connectivity index (χ0n) is 15.5. The average molecular weight is 352 g/mol. The minimum atomic E-state index is -0.621. The van der Waals surface area contributed by atoms with Crippen molar-refractivity contribution in [3.05, 3.63) is 6.42 Å². The van der Waals surface area contributed by atoms with Gasteiger partial charge in [0, 0.05) is 25.6 Å². The van der Waals surface area contributed by atoms with Crippen LogP contribution in [-0.4, -0.2) is 53.1 Å². The van der Waals surface area contributed by atoms with Crippen LogP contribution in [-0.2, 0) is 9.59 Å². The van der Waals surface area contributed by atoms with E-state index >= 15 is 0 Å². The molecule has 0 unspecified atom stereocenters. The van der Waals surface area contributed by atoms with Gasteiger partial charge in [-0.25, -0.2) is 0 Å². The number of nitrogens with zero attached hydrogens (tertiary/aromatic N) is 1. The molecule has 1 radical (unpaired) electrons. The first-order valence-corrected chi connectivity index (χ1v) is 9.81. The van der Waals surface area contributed by atoms with Crippen LogP contribution in [0.3, 0.4) is 0 Å². The predicted octanol–water partition coefficient (Wildman–Crippen LogP) is 1.37. The van der Waals surface area contributed by atoms with E-state index in [1.807, 2.05) is 0 Å². The van der Waals surface area contributed by atoms with Crippen molar-refractivity contribution in [2.24, 2.45) is 11.7 Å². The topological polar surface area (TPSA) is 95.7 Å². The van der Waals surface area contributed by atoms with Crippen molar-refractivity contribution in [3.63, 3.8) is 0 Å². The normalized spacial score (nSPS) is 28.3. The molecular weight excluding hydrogens is 318 g/mol. The maximum Gasteiger partial charge on any atom is 0.226 e. The van der Waals surface area contributed by atoms with Gasteiger partial charge in [-0.1, -0.05) is 32.1 Å². The summed E-state index contributed by atoms with van der Waals surface area (Å²) in [7, 11) is 0. The maximum absolute atomic E-state index is 12.8. The van der Waals surface area contributed by atoms with Crippen LogP contribution >= 0.6 is 0 Å². The van der Waals surface area contributed by atoms with Gasteiger partial charge in [-0.3, -0.25) is 9.59 Å². The second kappa shape index (κ2) is 10.1. The lowest BCUT2D eigenvalue weighted by atomic mass is 9.86. The molecular formula is C19H34N3O3. The molecule has 0 spiro atoms. The summed E-state index contributed by atoms with van der Waals surface area (Å²) in [4.78, 5) is 25.7. The van der Waals surface area contributed by atoms with E-state index in [-0.39, 0.29) is 24.9 Å². The lowest BCUT2D eigenvalue weighted by Gasteiger charge is -2.34. The second-order valence-electron chi connectivity index (χ2n) is 7.71. The molecule has 143 valence electrons. The van der Waals surface area contributed by atoms with Crippen LogP contribution in [0.5, 0.6) is 0 Å². The number of hydrogen-bond acceptors (Lipinski definition) is 4. The van der Waals surface area contributed by atoms with Gasteiger partial charge in [0.25, 0.3) is 0 Å². The fraction of sp³-hybridized carbons (Fsp3) is 0.842. The monoisotopic (exact) mass is 352 g/mol. The molecule has 2 amide bonds. The van der Waals surface area contributed by atoms with Crippen molar-refractivity contribution in [1.82, 2.24) is 10.2 Å². The summed E-state index contributed by atoms with van der Waals surface area (Å²) in [6, 6.07) is 0.0610. The highest BCUT2D eigenvalue weighted by Crippen LogP contribution is 2.28. The Labute approximate surface area is 151 Å². The van der Waals surface area contributed by atoms with Crippen LogP contribution in [0, 0.1) is 12.3 Å². The quantitative estimate of drug-likeness (QED) is 0.645. The molecule has 0 aromatic rings. The number of rotatable bonds is 7. The van der Waals surface area contributed by atoms with Crippen molar-refractivity contribution in [2.75, 3.05) is 13.1 Å². The van der Waals surface area contributed by atoms with Crippen LogP contribution in [0.4, 0.5) is 0 Å². The van der Waals surface area contributed by atoms with E-state index in [1.54, 1.807) is 11.3 Å². The number of aliphatic hydroxyl groups is 1. The molecule has 1 saturated carbocycles. The van der Waals surface area contributed by atoms with Gasteiger partial charge in [0.1, 0.15) is 0 Å². The van der Waals surface area contributed by atoms with Gasteiger partial charge in [-0.05, 0) is 32.1 Å². The number of carbonyl (C=O) groups excluding carboxylic acids is 2. The molecule has 4 N–H and O–H groups in total. The summed E-state index contributed by atoms with van der Waals surface area (Å²) < 4.78 is 0. The van der Waals surface area contributed by atoms with Gasteiger partial charge in [0.15, 0.2) is 0 Å². The first-order valence-electron chi connectivity index (χ1n) is 9.81. The molecule has 2 rings (SSSR count). The van der Waals surface area contributed by atoms with E-state index in [9.17, 15) is 14.7 Å². The fourth-order valence-electron chi connectivity index (χ4n) is 4.01. The Kier molecular flexibility index (Phi) is 8.16. The average Bonchev–Trinajstić information content (AvgIpc) is 2.76. The summed E-state index contributed by atoms with van der Waals surface area (Å²) in [6.07, 6.45) is 9.90. The van der Waals surface area contributed by atoms with Crippen molar-refractivity contribution in [2.45, 2.75) is 82.9 Å². The molecule has 6 nitrogen and oxygen atoms in total. The summed E-state index contributed by atoms with van der Waals surface area (Å²) in [5, 5.41) is 13.8. The summed E-state index contributed by atoms with van der Waals surface area (Å²) in [6.45, 7) is 2.83. The zero-order chi connectivity index (χ0) is 18.2. The minimum absolute atomic E-state index is 0.0644. The largest absolute Gasteiger partial charge is 0.390 e. The lowest BCUT2D eigenvalue weighted by Crippen LogP contribution is -2.50. The fourth-order valence-corrected chi connectivity index (χ4v) is 4.01. The van der Waals surface area contributed by atoms with E-state index < -0.39 is 12.0 Å². The molecule has 3 atom stereocenters. The second-order valence-corrected chi connectivity index (χ2v) is 7.71. The third-order valence-electron chi connectivity index (χ3n) is 5.65. The molecule has 25 heavy (non-hydrogen) atoms. The van der Waals surface area contributed by atoms with Crippen LogP contribution in [0.15, 0.2) is 0 Å². The minimum Gasteiger partial charge on any atom is -0.390 e. The van der Waals surface area contributed by atoms with Gasteiger partial charge in [-0.2, -0.15) is 0 Å². The van der Waals surface area contributed by atoms with Gasteiger partial charge in [0.05, 0.1) is 18.6 Å². The molecule has 2 fully saturated rings. The van der Waals surface area contributed by atoms with Crippen molar-refractivity contribution in [1.29, 1.82) is 0 Å². The molecule has 1 heterocycles. The Hall–Kier alpha value is -1.14. The third kappa shape index (κ3) is 6.59. The number of carbonyl (C=O) groups is 2. The number of amides is 2. The summed E-state index contributed by atoms with van der Waals surface area (Å²) in [5.74, 6) is 0.113. The van der Waals surface area contributed by atoms with Crippen molar-refractivity contribution in [3.8, 4) is 0 Å². The maximum atomic E-state index is 12.8. The van der Waals surface area contributed by atoms with Crippen LogP contribution in [0.25, 0.3) is 0 Å². The zero-order valence-corrected chi connectivity index (χ0v) is 15.5. The van der Waals surface area contributed by atoms with E-state index in [2.05, 4.69) is 12.2 Å². The molecule has 0 aromatic heterocycles. The van der Waals surface area contributed by atoms with Crippen molar-refractivity contribution >= 4 is 11.8 Å². The molecule has 6 heteroatoms. The third-order valence-corrected chi connectivity index (χ3v) is 5.65. The first-order chi connectivity index (χ1) is 12.0. The van der Waals surface area contributed by atoms with Crippen molar-refractivity contribution < 1.29 is 14.7 Å². The Bertz CT molecular complexity index is 438. The lowest BCUT2D eigenvalue weighted by molar-refractivity contribution is -0.133. The Morgan fingerprint density at radius 3 is 2.60 bits per heavy atom. The Morgan fingerprint density at radius 1 is 1.20 bits per heavy atom. The molecule has 1 saturated heterocycles. The molecule has 0 bridgehead atoms. The standard InChI is InChI=1S/C19H34N3O3/c1-14-7-9-16(17(23)13-21-14)22(12-11-18(20)24)19(25)10-8-15-5-3-2-4-6-15/h10,14-17,21,23H,2-9,11-13H2,1H3,(H2,20,24)/t14-,16+,17+/m1/s1. The Morgan fingerprint density at radius 2 is 1.92 bits per heavy atom. The number of aliphatic hydroxyl groups excluding tert-OH is 1. The molecule has 1 aliphatic carbocycles. The van der Waals surface area contributed by atoms with Crippen LogP contribution in [0.2, 0.25) is 0 Å². The van der Waals surface area contributed by atoms with E-state index in [0.29, 0.717) is 18.5 Å². The van der Waals surface area contributed by atoms with Gasteiger partial charge >= 0.3 is 0 Å². The van der Waals surface area contributed by atoms with E-state index in [4.69, 9.17) is 5.73 Å². The number of nitrogens with one attached hydrogen (secondary N) is 1. The first kappa shape index (κ1) is 20.2. The molecule has 0 aromatic carbocycles. The molecule has 2 aliphatic rings. The number of nitrogens with two attached hydrogens (primary N) is 1. The summed E-state index contributed by atoms with van der Waals surface area (Å²) >= 11 is 0. The highest BCUT2D eigenvalue weighted by Gasteiger charge is 2.32. The highest BCUT2D eigenvalue weighted by atomic mass is 16.3. The van der Waals surface area contributed by atoms with Gasteiger partial charge < -0.3 is 21.1 Å². The van der Waals surface area contributed by atoms with Crippen LogP contribution < -0.4 is 11.1 Å². The number of hydrogen-bond donors (Lipinski definition) is 3. The number of β-amino-alcohol motifs (C(OH)–C–C–N with tert-alkyl or cyclic N) is 1. The van der Waals surface area contributed by atoms with E-state index in [1.165, 1.54) is 32.1 Å².